The van der Waals surface area contributed by atoms with Gasteiger partial charge in [0.15, 0.2) is 16.5 Å². The zero-order valence-electron chi connectivity index (χ0n) is 15.7. The third-order valence-electron chi connectivity index (χ3n) is 5.16. The number of rotatable bonds is 4. The molecule has 1 amide bonds. The van der Waals surface area contributed by atoms with E-state index in [0.717, 1.165) is 0 Å². The average molecular weight is 406 g/mol. The number of anilines is 1. The number of hydrogen-bond acceptors (Lipinski definition) is 6. The number of carbonyl (C=O) groups excluding carboxylic acids is 1. The highest BCUT2D eigenvalue weighted by molar-refractivity contribution is 7.89. The highest BCUT2D eigenvalue weighted by atomic mass is 32.2. The first kappa shape index (κ1) is 18.8. The highest BCUT2D eigenvalue weighted by Crippen LogP contribution is 2.34. The molecule has 28 heavy (non-hydrogen) atoms. The number of ether oxygens (including phenoxy) is 2. The summed E-state index contributed by atoms with van der Waals surface area (Å²) in [7, 11) is -1.88. The molecule has 0 spiro atoms. The van der Waals surface area contributed by atoms with Crippen LogP contribution in [0.4, 0.5) is 5.69 Å². The molecule has 0 atom stereocenters. The normalized spacial score (nSPS) is 17.6. The lowest BCUT2D eigenvalue weighted by Crippen LogP contribution is -2.41. The van der Waals surface area contributed by atoms with Crippen LogP contribution in [0.1, 0.15) is 18.7 Å². The predicted molar refractivity (Wildman–Crippen MR) is 101 cm³/mol. The lowest BCUT2D eigenvalue weighted by atomic mass is 9.97. The van der Waals surface area contributed by atoms with Crippen LogP contribution in [0.2, 0.25) is 0 Å². The molecule has 2 aromatic rings. The van der Waals surface area contributed by atoms with Gasteiger partial charge in [0.1, 0.15) is 5.82 Å². The van der Waals surface area contributed by atoms with Crippen molar-refractivity contribution < 1.29 is 22.7 Å². The van der Waals surface area contributed by atoms with Crippen LogP contribution < -0.4 is 14.8 Å². The fraction of sp³-hybridized carbons (Fsp3) is 0.444. The van der Waals surface area contributed by atoms with Crippen molar-refractivity contribution in [3.05, 3.63) is 30.2 Å². The minimum atomic E-state index is -3.64. The molecule has 2 aliphatic heterocycles. The van der Waals surface area contributed by atoms with E-state index in [1.165, 1.54) is 10.5 Å². The number of carbonyl (C=O) groups is 1. The first-order chi connectivity index (χ1) is 13.3. The van der Waals surface area contributed by atoms with Gasteiger partial charge in [0.25, 0.3) is 10.0 Å². The highest BCUT2D eigenvalue weighted by Gasteiger charge is 2.33. The standard InChI is InChI=1S/C18H22N4O5S/c1-12-19-17(10-21(12)2)28(24,25)22-7-5-13(6-8-22)18(23)20-14-3-4-15-16(9-14)27-11-26-15/h3-4,9-10,13H,5-8,11H2,1-2H3,(H,20,23). The maximum atomic E-state index is 12.8. The minimum absolute atomic E-state index is 0.0516. The molecule has 0 bridgehead atoms. The Balaban J connectivity index is 1.37. The number of fused-ring (bicyclic) bond motifs is 1. The van der Waals surface area contributed by atoms with Crippen LogP contribution >= 0.6 is 0 Å². The van der Waals surface area contributed by atoms with E-state index in [2.05, 4.69) is 10.3 Å². The van der Waals surface area contributed by atoms with E-state index in [-0.39, 0.29) is 36.7 Å². The molecular formula is C18H22N4O5S. The monoisotopic (exact) mass is 406 g/mol. The Morgan fingerprint density at radius 1 is 1.21 bits per heavy atom. The third kappa shape index (κ3) is 3.45. The van der Waals surface area contributed by atoms with Crippen molar-refractivity contribution in [3.63, 3.8) is 0 Å². The summed E-state index contributed by atoms with van der Waals surface area (Å²) in [6, 6.07) is 5.24. The van der Waals surface area contributed by atoms with Crippen molar-refractivity contribution in [1.82, 2.24) is 13.9 Å². The first-order valence-electron chi connectivity index (χ1n) is 9.05. The van der Waals surface area contributed by atoms with Crippen LogP contribution in [-0.4, -0.2) is 48.1 Å². The van der Waals surface area contributed by atoms with Gasteiger partial charge in [-0.25, -0.2) is 13.4 Å². The summed E-state index contributed by atoms with van der Waals surface area (Å²) in [6.45, 7) is 2.51. The molecule has 0 aliphatic carbocycles. The van der Waals surface area contributed by atoms with Crippen LogP contribution in [-0.2, 0) is 21.9 Å². The molecule has 0 unspecified atom stereocenters. The summed E-state index contributed by atoms with van der Waals surface area (Å²) in [5.74, 6) is 1.52. The number of aromatic nitrogens is 2. The Morgan fingerprint density at radius 2 is 1.93 bits per heavy atom. The Kier molecular flexibility index (Phi) is 4.76. The summed E-state index contributed by atoms with van der Waals surface area (Å²) in [5, 5.41) is 2.93. The Bertz CT molecular complexity index is 989. The average Bonchev–Trinajstić information content (AvgIpc) is 3.28. The topological polar surface area (TPSA) is 103 Å². The Labute approximate surface area is 163 Å². The van der Waals surface area contributed by atoms with Crippen LogP contribution in [0, 0.1) is 12.8 Å². The number of hydrogen-bond donors (Lipinski definition) is 1. The number of nitrogens with one attached hydrogen (secondary N) is 1. The molecule has 0 radical (unpaired) electrons. The zero-order chi connectivity index (χ0) is 19.9. The van der Waals surface area contributed by atoms with Crippen molar-refractivity contribution in [2.45, 2.75) is 24.8 Å². The van der Waals surface area contributed by atoms with Crippen molar-refractivity contribution >= 4 is 21.6 Å². The second-order valence-electron chi connectivity index (χ2n) is 6.97. The molecule has 1 fully saturated rings. The smallest absolute Gasteiger partial charge is 0.262 e. The fourth-order valence-corrected chi connectivity index (χ4v) is 4.85. The summed E-state index contributed by atoms with van der Waals surface area (Å²) in [6.07, 6.45) is 2.44. The molecule has 10 heteroatoms. The molecule has 0 saturated carbocycles. The number of piperidine rings is 1. The van der Waals surface area contributed by atoms with Crippen LogP contribution in [0.15, 0.2) is 29.4 Å². The number of nitrogens with zero attached hydrogens (tertiary/aromatic N) is 3. The quantitative estimate of drug-likeness (QED) is 0.825. The molecule has 4 rings (SSSR count). The van der Waals surface area contributed by atoms with E-state index in [0.29, 0.717) is 35.9 Å². The summed E-state index contributed by atoms with van der Waals surface area (Å²) >= 11 is 0. The van der Waals surface area contributed by atoms with Crippen molar-refractivity contribution in [2.75, 3.05) is 25.2 Å². The van der Waals surface area contributed by atoms with Crippen molar-refractivity contribution in [3.8, 4) is 11.5 Å². The molecule has 2 aliphatic rings. The number of benzene rings is 1. The lowest BCUT2D eigenvalue weighted by molar-refractivity contribution is -0.120. The third-order valence-corrected chi connectivity index (χ3v) is 6.93. The molecule has 9 nitrogen and oxygen atoms in total. The number of aryl methyl sites for hydroxylation is 2. The van der Waals surface area contributed by atoms with Crippen molar-refractivity contribution in [1.29, 1.82) is 0 Å². The minimum Gasteiger partial charge on any atom is -0.454 e. The zero-order valence-corrected chi connectivity index (χ0v) is 16.5. The molecular weight excluding hydrogens is 384 g/mol. The van der Waals surface area contributed by atoms with Crippen molar-refractivity contribution in [2.24, 2.45) is 13.0 Å². The summed E-state index contributed by atoms with van der Waals surface area (Å²) in [5.41, 5.74) is 0.633. The van der Waals surface area contributed by atoms with E-state index in [1.54, 1.807) is 36.7 Å². The predicted octanol–water partition coefficient (Wildman–Crippen LogP) is 1.50. The van der Waals surface area contributed by atoms with Crippen LogP contribution in [0.3, 0.4) is 0 Å². The van der Waals surface area contributed by atoms with E-state index in [9.17, 15) is 13.2 Å². The van der Waals surface area contributed by atoms with E-state index < -0.39 is 10.0 Å². The fourth-order valence-electron chi connectivity index (χ4n) is 3.36. The Hall–Kier alpha value is -2.59. The van der Waals surface area contributed by atoms with E-state index in [1.807, 2.05) is 0 Å². The summed E-state index contributed by atoms with van der Waals surface area (Å²) < 4.78 is 39.2. The Morgan fingerprint density at radius 3 is 2.61 bits per heavy atom. The maximum absolute atomic E-state index is 12.8. The van der Waals surface area contributed by atoms with E-state index in [4.69, 9.17) is 9.47 Å². The van der Waals surface area contributed by atoms with Gasteiger partial charge in [-0.05, 0) is 31.9 Å². The van der Waals surface area contributed by atoms with Crippen LogP contribution in [0.5, 0.6) is 11.5 Å². The van der Waals surface area contributed by atoms with Gasteiger partial charge in [-0.2, -0.15) is 4.31 Å². The van der Waals surface area contributed by atoms with Gasteiger partial charge in [-0.1, -0.05) is 0 Å². The number of imidazole rings is 1. The first-order valence-corrected chi connectivity index (χ1v) is 10.5. The van der Waals surface area contributed by atoms with Gasteiger partial charge in [-0.3, -0.25) is 4.79 Å². The molecule has 3 heterocycles. The molecule has 1 aromatic carbocycles. The van der Waals surface area contributed by atoms with Gasteiger partial charge in [0, 0.05) is 44.0 Å². The number of sulfonamides is 1. The van der Waals surface area contributed by atoms with Gasteiger partial charge in [0.2, 0.25) is 12.7 Å². The largest absolute Gasteiger partial charge is 0.454 e. The van der Waals surface area contributed by atoms with Gasteiger partial charge < -0.3 is 19.4 Å². The van der Waals surface area contributed by atoms with Gasteiger partial charge in [-0.15, -0.1) is 0 Å². The second-order valence-corrected chi connectivity index (χ2v) is 8.86. The van der Waals surface area contributed by atoms with Gasteiger partial charge >= 0.3 is 0 Å². The maximum Gasteiger partial charge on any atom is 0.262 e. The molecule has 1 saturated heterocycles. The molecule has 150 valence electrons. The van der Waals surface area contributed by atoms with Crippen LogP contribution in [0.25, 0.3) is 0 Å². The number of amides is 1. The summed E-state index contributed by atoms with van der Waals surface area (Å²) in [4.78, 5) is 16.7. The van der Waals surface area contributed by atoms with Gasteiger partial charge in [0.05, 0.1) is 0 Å². The SMILES string of the molecule is Cc1nc(S(=O)(=O)N2CCC(C(=O)Nc3ccc4c(c3)OCO4)CC2)cn1C. The molecule has 1 N–H and O–H groups in total. The van der Waals surface area contributed by atoms with E-state index >= 15 is 0 Å². The molecule has 1 aromatic heterocycles. The lowest BCUT2D eigenvalue weighted by Gasteiger charge is -2.29. The second kappa shape index (κ2) is 7.10.